The Balaban J connectivity index is 2.39. The molecule has 0 bridgehead atoms. The van der Waals surface area contributed by atoms with E-state index < -0.39 is 0 Å². The summed E-state index contributed by atoms with van der Waals surface area (Å²) in [5.41, 5.74) is 0.973. The van der Waals surface area contributed by atoms with Gasteiger partial charge in [0.2, 0.25) is 0 Å². The van der Waals surface area contributed by atoms with Gasteiger partial charge >= 0.3 is 11.9 Å². The van der Waals surface area contributed by atoms with E-state index >= 15 is 0 Å². The molecule has 4 heteroatoms. The van der Waals surface area contributed by atoms with Crippen molar-refractivity contribution in [2.75, 3.05) is 6.61 Å². The number of hydrogen-bond donors (Lipinski definition) is 0. The molecule has 0 aromatic carbocycles. The Bertz CT molecular complexity index is 317. The van der Waals surface area contributed by atoms with Crippen LogP contribution in [0.25, 0.3) is 0 Å². The zero-order valence-electron chi connectivity index (χ0n) is 9.40. The fourth-order valence-corrected chi connectivity index (χ4v) is 1.66. The lowest BCUT2D eigenvalue weighted by Crippen LogP contribution is -2.11. The highest BCUT2D eigenvalue weighted by Gasteiger charge is 2.22. The number of carbonyl (C=O) groups excluding carboxylic acids is 2. The summed E-state index contributed by atoms with van der Waals surface area (Å²) in [6, 6.07) is 0. The van der Waals surface area contributed by atoms with Crippen molar-refractivity contribution in [3.63, 3.8) is 0 Å². The lowest BCUT2D eigenvalue weighted by molar-refractivity contribution is -0.145. The van der Waals surface area contributed by atoms with Crippen LogP contribution in [0.2, 0.25) is 0 Å². The third-order valence-corrected chi connectivity index (χ3v) is 2.28. The average Bonchev–Trinajstić information content (AvgIpc) is 2.61. The molecule has 0 aliphatic heterocycles. The summed E-state index contributed by atoms with van der Waals surface area (Å²) in [4.78, 5) is 22.0. The van der Waals surface area contributed by atoms with E-state index in [4.69, 9.17) is 9.47 Å². The molecule has 0 saturated heterocycles. The molecule has 1 saturated carbocycles. The third kappa shape index (κ3) is 4.29. The maximum atomic E-state index is 11.2. The molecule has 0 unspecified atom stereocenters. The number of rotatable bonds is 4. The van der Waals surface area contributed by atoms with Gasteiger partial charge in [0.05, 0.1) is 0 Å². The minimum Gasteiger partial charge on any atom is -0.462 e. The summed E-state index contributed by atoms with van der Waals surface area (Å²) >= 11 is 0. The quantitative estimate of drug-likeness (QED) is 0.415. The second kappa shape index (κ2) is 6.10. The fourth-order valence-electron chi connectivity index (χ4n) is 1.66. The van der Waals surface area contributed by atoms with Crippen LogP contribution < -0.4 is 0 Å². The van der Waals surface area contributed by atoms with Crippen molar-refractivity contribution in [1.29, 1.82) is 0 Å². The number of esters is 2. The van der Waals surface area contributed by atoms with Gasteiger partial charge in [-0.1, -0.05) is 18.2 Å². The van der Waals surface area contributed by atoms with Crippen molar-refractivity contribution in [3.05, 3.63) is 24.3 Å². The standard InChI is InChI=1S/C12H16O4/c1-3-6-15-12(14)8-10-4-5-11(7-10)16-9(2)13/h3,8,11H,1,4-7H2,2H3/b10-8+/t11-/m1/s1. The van der Waals surface area contributed by atoms with Crippen LogP contribution >= 0.6 is 0 Å². The Morgan fingerprint density at radius 1 is 1.56 bits per heavy atom. The van der Waals surface area contributed by atoms with Crippen LogP contribution in [0.1, 0.15) is 26.2 Å². The van der Waals surface area contributed by atoms with Gasteiger partial charge < -0.3 is 9.47 Å². The average molecular weight is 224 g/mol. The normalized spacial score (nSPS) is 21.8. The van der Waals surface area contributed by atoms with E-state index in [1.807, 2.05) is 0 Å². The number of ether oxygens (including phenoxy) is 2. The molecule has 0 aromatic heterocycles. The molecule has 0 spiro atoms. The van der Waals surface area contributed by atoms with E-state index in [9.17, 15) is 9.59 Å². The van der Waals surface area contributed by atoms with Gasteiger partial charge in [-0.3, -0.25) is 4.79 Å². The van der Waals surface area contributed by atoms with Crippen LogP contribution in [0.15, 0.2) is 24.3 Å². The van der Waals surface area contributed by atoms with Crippen molar-refractivity contribution < 1.29 is 19.1 Å². The Morgan fingerprint density at radius 2 is 2.31 bits per heavy atom. The fraction of sp³-hybridized carbons (Fsp3) is 0.500. The molecule has 0 heterocycles. The van der Waals surface area contributed by atoms with Crippen LogP contribution in [0, 0.1) is 0 Å². The van der Waals surface area contributed by atoms with Gasteiger partial charge in [0.1, 0.15) is 12.7 Å². The van der Waals surface area contributed by atoms with Crippen molar-refractivity contribution in [2.45, 2.75) is 32.3 Å². The van der Waals surface area contributed by atoms with E-state index in [0.29, 0.717) is 6.42 Å². The number of hydrogen-bond acceptors (Lipinski definition) is 4. The van der Waals surface area contributed by atoms with Gasteiger partial charge in [-0.25, -0.2) is 4.79 Å². The van der Waals surface area contributed by atoms with Gasteiger partial charge in [0, 0.05) is 19.4 Å². The molecule has 1 atom stereocenters. The molecule has 1 aliphatic carbocycles. The highest BCUT2D eigenvalue weighted by molar-refractivity contribution is 5.83. The number of carbonyl (C=O) groups is 2. The topological polar surface area (TPSA) is 52.6 Å². The molecule has 4 nitrogen and oxygen atoms in total. The van der Waals surface area contributed by atoms with Crippen molar-refractivity contribution >= 4 is 11.9 Å². The molecule has 88 valence electrons. The lowest BCUT2D eigenvalue weighted by atomic mass is 10.2. The first-order valence-corrected chi connectivity index (χ1v) is 5.26. The first-order chi connectivity index (χ1) is 7.61. The maximum absolute atomic E-state index is 11.2. The smallest absolute Gasteiger partial charge is 0.331 e. The summed E-state index contributed by atoms with van der Waals surface area (Å²) in [6.45, 7) is 5.06. The maximum Gasteiger partial charge on any atom is 0.331 e. The highest BCUT2D eigenvalue weighted by atomic mass is 16.5. The second-order valence-electron chi connectivity index (χ2n) is 3.70. The monoisotopic (exact) mass is 224 g/mol. The first kappa shape index (κ1) is 12.5. The van der Waals surface area contributed by atoms with Crippen LogP contribution in [0.3, 0.4) is 0 Å². The van der Waals surface area contributed by atoms with Gasteiger partial charge in [0.25, 0.3) is 0 Å². The molecule has 0 amide bonds. The molecular formula is C12H16O4. The van der Waals surface area contributed by atoms with Crippen LogP contribution in [-0.2, 0) is 19.1 Å². The van der Waals surface area contributed by atoms with E-state index in [1.54, 1.807) is 0 Å². The summed E-state index contributed by atoms with van der Waals surface area (Å²) < 4.78 is 9.88. The largest absolute Gasteiger partial charge is 0.462 e. The van der Waals surface area contributed by atoms with Gasteiger partial charge in [-0.2, -0.15) is 0 Å². The molecule has 16 heavy (non-hydrogen) atoms. The predicted octanol–water partition coefficient (Wildman–Crippen LogP) is 1.76. The van der Waals surface area contributed by atoms with Gasteiger partial charge in [-0.05, 0) is 12.8 Å². The first-order valence-electron chi connectivity index (χ1n) is 5.26. The molecular weight excluding hydrogens is 208 g/mol. The van der Waals surface area contributed by atoms with Crippen molar-refractivity contribution in [1.82, 2.24) is 0 Å². The molecule has 1 fully saturated rings. The van der Waals surface area contributed by atoms with E-state index in [0.717, 1.165) is 18.4 Å². The lowest BCUT2D eigenvalue weighted by Gasteiger charge is -2.07. The molecule has 0 aromatic rings. The van der Waals surface area contributed by atoms with E-state index in [1.165, 1.54) is 19.1 Å². The zero-order valence-corrected chi connectivity index (χ0v) is 9.40. The van der Waals surface area contributed by atoms with Crippen LogP contribution in [-0.4, -0.2) is 24.6 Å². The van der Waals surface area contributed by atoms with Gasteiger partial charge in [-0.15, -0.1) is 0 Å². The van der Waals surface area contributed by atoms with Crippen LogP contribution in [0.4, 0.5) is 0 Å². The zero-order chi connectivity index (χ0) is 12.0. The Labute approximate surface area is 94.9 Å². The molecule has 1 rings (SSSR count). The third-order valence-electron chi connectivity index (χ3n) is 2.28. The molecule has 0 N–H and O–H groups in total. The van der Waals surface area contributed by atoms with Crippen LogP contribution in [0.5, 0.6) is 0 Å². The molecule has 0 radical (unpaired) electrons. The Hall–Kier alpha value is -1.58. The summed E-state index contributed by atoms with van der Waals surface area (Å²) in [5.74, 6) is -0.640. The van der Waals surface area contributed by atoms with Crippen molar-refractivity contribution in [3.8, 4) is 0 Å². The Kier molecular flexibility index (Phi) is 4.76. The summed E-state index contributed by atoms with van der Waals surface area (Å²) in [7, 11) is 0. The van der Waals surface area contributed by atoms with Gasteiger partial charge in [0.15, 0.2) is 0 Å². The summed E-state index contributed by atoms with van der Waals surface area (Å²) in [5, 5.41) is 0. The minimum absolute atomic E-state index is 0.0871. The second-order valence-corrected chi connectivity index (χ2v) is 3.70. The minimum atomic E-state index is -0.363. The Morgan fingerprint density at radius 3 is 2.94 bits per heavy atom. The van der Waals surface area contributed by atoms with E-state index in [-0.39, 0.29) is 24.6 Å². The van der Waals surface area contributed by atoms with E-state index in [2.05, 4.69) is 6.58 Å². The predicted molar refractivity (Wildman–Crippen MR) is 58.6 cm³/mol. The summed E-state index contributed by atoms with van der Waals surface area (Å²) in [6.07, 6.45) is 5.10. The van der Waals surface area contributed by atoms with Crippen molar-refractivity contribution in [2.24, 2.45) is 0 Å². The SMILES string of the molecule is C=CCOC(=O)/C=C1\CC[C@@H](OC(C)=O)C1. The molecule has 1 aliphatic rings. The highest BCUT2D eigenvalue weighted by Crippen LogP contribution is 2.27.